The van der Waals surface area contributed by atoms with Gasteiger partial charge in [0.2, 0.25) is 5.91 Å². The van der Waals surface area contributed by atoms with E-state index >= 15 is 0 Å². The van der Waals surface area contributed by atoms with E-state index < -0.39 is 0 Å². The first-order chi connectivity index (χ1) is 14.5. The second kappa shape index (κ2) is 9.27. The molecular formula is C24H35N3O3. The summed E-state index contributed by atoms with van der Waals surface area (Å²) < 4.78 is 5.92. The summed E-state index contributed by atoms with van der Waals surface area (Å²) in [6, 6.07) is 6.35. The van der Waals surface area contributed by atoms with Crippen LogP contribution < -0.4 is 15.0 Å². The number of nitrogens with zero attached hydrogens (tertiary/aromatic N) is 2. The van der Waals surface area contributed by atoms with Gasteiger partial charge in [-0.05, 0) is 57.2 Å². The van der Waals surface area contributed by atoms with Crippen molar-refractivity contribution in [1.82, 2.24) is 10.2 Å². The van der Waals surface area contributed by atoms with Crippen LogP contribution in [-0.2, 0) is 4.79 Å². The third-order valence-electron chi connectivity index (χ3n) is 6.74. The SMILES string of the molecule is Cc1ccc2c(c1)N(C(=O)N1CCC(C(=O)NC3CCCCCC3)CC1)C[C@@H](C)O2. The number of fused-ring (bicyclic) bond motifs is 1. The minimum atomic E-state index is -0.0351. The highest BCUT2D eigenvalue weighted by Gasteiger charge is 2.34. The maximum absolute atomic E-state index is 13.3. The second-order valence-corrected chi connectivity index (χ2v) is 9.25. The fraction of sp³-hybridized carbons (Fsp3) is 0.667. The lowest BCUT2D eigenvalue weighted by Gasteiger charge is -2.39. The summed E-state index contributed by atoms with van der Waals surface area (Å²) in [5.41, 5.74) is 1.96. The van der Waals surface area contributed by atoms with E-state index in [1.165, 1.54) is 25.7 Å². The Labute approximate surface area is 179 Å². The van der Waals surface area contributed by atoms with Crippen LogP contribution in [0.1, 0.15) is 63.9 Å². The van der Waals surface area contributed by atoms with E-state index in [4.69, 9.17) is 4.74 Å². The quantitative estimate of drug-likeness (QED) is 0.737. The van der Waals surface area contributed by atoms with Crippen molar-refractivity contribution in [2.45, 2.75) is 77.4 Å². The Morgan fingerprint density at radius 3 is 2.43 bits per heavy atom. The molecule has 3 amide bonds. The average molecular weight is 414 g/mol. The molecule has 0 radical (unpaired) electrons. The molecule has 2 aliphatic heterocycles. The zero-order valence-electron chi connectivity index (χ0n) is 18.4. The van der Waals surface area contributed by atoms with Crippen LogP contribution in [-0.4, -0.2) is 48.6 Å². The number of nitrogens with one attached hydrogen (secondary N) is 1. The molecule has 2 heterocycles. The summed E-state index contributed by atoms with van der Waals surface area (Å²) in [5, 5.41) is 3.29. The summed E-state index contributed by atoms with van der Waals surface area (Å²) in [4.78, 5) is 29.8. The van der Waals surface area contributed by atoms with Gasteiger partial charge >= 0.3 is 6.03 Å². The van der Waals surface area contributed by atoms with E-state index in [-0.39, 0.29) is 24.0 Å². The molecule has 1 saturated carbocycles. The Hall–Kier alpha value is -2.24. The van der Waals surface area contributed by atoms with Crippen LogP contribution in [0.3, 0.4) is 0 Å². The lowest BCUT2D eigenvalue weighted by molar-refractivity contribution is -0.127. The van der Waals surface area contributed by atoms with Gasteiger partial charge in [0.05, 0.1) is 12.2 Å². The van der Waals surface area contributed by atoms with Crippen LogP contribution >= 0.6 is 0 Å². The minimum absolute atomic E-state index is 0.0236. The predicted molar refractivity (Wildman–Crippen MR) is 118 cm³/mol. The van der Waals surface area contributed by atoms with E-state index in [0.717, 1.165) is 42.7 Å². The van der Waals surface area contributed by atoms with Crippen LogP contribution in [0.25, 0.3) is 0 Å². The topological polar surface area (TPSA) is 61.9 Å². The number of benzene rings is 1. The van der Waals surface area contributed by atoms with E-state index in [0.29, 0.717) is 25.7 Å². The molecule has 1 aromatic rings. The van der Waals surface area contributed by atoms with Crippen LogP contribution in [0.2, 0.25) is 0 Å². The van der Waals surface area contributed by atoms with Gasteiger partial charge in [-0.25, -0.2) is 4.79 Å². The molecule has 0 aromatic heterocycles. The highest BCUT2D eigenvalue weighted by molar-refractivity contribution is 5.94. The molecule has 4 rings (SSSR count). The first-order valence-electron chi connectivity index (χ1n) is 11.7. The third-order valence-corrected chi connectivity index (χ3v) is 6.74. The number of ether oxygens (including phenoxy) is 1. The molecule has 1 aromatic carbocycles. The predicted octanol–water partition coefficient (Wildman–Crippen LogP) is 4.25. The van der Waals surface area contributed by atoms with Gasteiger partial charge in [-0.1, -0.05) is 31.7 Å². The largest absolute Gasteiger partial charge is 0.487 e. The molecule has 0 unspecified atom stereocenters. The molecule has 2 fully saturated rings. The van der Waals surface area contributed by atoms with Gasteiger partial charge in [0, 0.05) is 25.0 Å². The summed E-state index contributed by atoms with van der Waals surface area (Å²) >= 11 is 0. The van der Waals surface area contributed by atoms with Crippen molar-refractivity contribution in [1.29, 1.82) is 0 Å². The van der Waals surface area contributed by atoms with Gasteiger partial charge in [0.25, 0.3) is 0 Å². The number of rotatable bonds is 2. The second-order valence-electron chi connectivity index (χ2n) is 9.25. The Morgan fingerprint density at radius 1 is 1.03 bits per heavy atom. The zero-order valence-corrected chi connectivity index (χ0v) is 18.4. The van der Waals surface area contributed by atoms with E-state index in [9.17, 15) is 9.59 Å². The van der Waals surface area contributed by atoms with Gasteiger partial charge in [0.1, 0.15) is 11.9 Å². The molecule has 1 saturated heterocycles. The number of amides is 3. The maximum atomic E-state index is 13.3. The average Bonchev–Trinajstić information content (AvgIpc) is 3.02. The summed E-state index contributed by atoms with van der Waals surface area (Å²) in [5.74, 6) is 0.982. The molecule has 0 bridgehead atoms. The number of aryl methyl sites for hydroxylation is 1. The molecule has 6 heteroatoms. The van der Waals surface area contributed by atoms with Crippen LogP contribution in [0.15, 0.2) is 18.2 Å². The Morgan fingerprint density at radius 2 is 1.73 bits per heavy atom. The lowest BCUT2D eigenvalue weighted by Crippen LogP contribution is -2.52. The van der Waals surface area contributed by atoms with Gasteiger partial charge in [0.15, 0.2) is 0 Å². The normalized spacial score (nSPS) is 23.3. The molecule has 1 N–H and O–H groups in total. The zero-order chi connectivity index (χ0) is 21.1. The van der Waals surface area contributed by atoms with Crippen molar-refractivity contribution >= 4 is 17.6 Å². The molecule has 1 aliphatic carbocycles. The van der Waals surface area contributed by atoms with Crippen molar-refractivity contribution in [3.8, 4) is 5.75 Å². The maximum Gasteiger partial charge on any atom is 0.324 e. The molecule has 30 heavy (non-hydrogen) atoms. The Balaban J connectivity index is 1.34. The number of carbonyl (C=O) groups is 2. The van der Waals surface area contributed by atoms with Gasteiger partial charge in [-0.2, -0.15) is 0 Å². The molecule has 6 nitrogen and oxygen atoms in total. The number of anilines is 1. The minimum Gasteiger partial charge on any atom is -0.487 e. The van der Waals surface area contributed by atoms with Crippen LogP contribution in [0.5, 0.6) is 5.75 Å². The van der Waals surface area contributed by atoms with Crippen molar-refractivity contribution in [2.24, 2.45) is 5.92 Å². The van der Waals surface area contributed by atoms with Gasteiger partial charge in [-0.15, -0.1) is 0 Å². The fourth-order valence-electron chi connectivity index (χ4n) is 4.98. The number of urea groups is 1. The van der Waals surface area contributed by atoms with Gasteiger partial charge < -0.3 is 15.0 Å². The Kier molecular flexibility index (Phi) is 6.49. The van der Waals surface area contributed by atoms with Crippen molar-refractivity contribution in [2.75, 3.05) is 24.5 Å². The molecule has 164 valence electrons. The number of likely N-dealkylation sites (tertiary alicyclic amines) is 1. The summed E-state index contributed by atoms with van der Waals surface area (Å²) in [6.07, 6.45) is 8.68. The highest BCUT2D eigenvalue weighted by Crippen LogP contribution is 2.35. The first-order valence-corrected chi connectivity index (χ1v) is 11.7. The van der Waals surface area contributed by atoms with Gasteiger partial charge in [-0.3, -0.25) is 9.69 Å². The fourth-order valence-corrected chi connectivity index (χ4v) is 4.98. The molecule has 0 spiro atoms. The monoisotopic (exact) mass is 413 g/mol. The number of carbonyl (C=O) groups excluding carboxylic acids is 2. The van der Waals surface area contributed by atoms with E-state index in [1.807, 2.05) is 41.8 Å². The number of hydrogen-bond donors (Lipinski definition) is 1. The number of hydrogen-bond acceptors (Lipinski definition) is 3. The highest BCUT2D eigenvalue weighted by atomic mass is 16.5. The summed E-state index contributed by atoms with van der Waals surface area (Å²) in [6.45, 7) is 5.84. The third kappa shape index (κ3) is 4.73. The molecule has 3 aliphatic rings. The molecule has 1 atom stereocenters. The van der Waals surface area contributed by atoms with Crippen molar-refractivity contribution < 1.29 is 14.3 Å². The van der Waals surface area contributed by atoms with Crippen molar-refractivity contribution in [3.05, 3.63) is 23.8 Å². The Bertz CT molecular complexity index is 765. The standard InChI is InChI=1S/C24H35N3O3/c1-17-9-10-22-21(15-17)27(16-18(2)30-22)24(29)26-13-11-19(12-14-26)23(28)25-20-7-5-3-4-6-8-20/h9-10,15,18-20H,3-8,11-14,16H2,1-2H3,(H,25,28)/t18-/m1/s1. The van der Waals surface area contributed by atoms with E-state index in [2.05, 4.69) is 5.32 Å². The lowest BCUT2D eigenvalue weighted by atomic mass is 9.95. The number of piperidine rings is 1. The van der Waals surface area contributed by atoms with Crippen LogP contribution in [0, 0.1) is 12.8 Å². The van der Waals surface area contributed by atoms with Crippen molar-refractivity contribution in [3.63, 3.8) is 0 Å². The summed E-state index contributed by atoms with van der Waals surface area (Å²) in [7, 11) is 0. The van der Waals surface area contributed by atoms with E-state index in [1.54, 1.807) is 0 Å². The van der Waals surface area contributed by atoms with Crippen LogP contribution in [0.4, 0.5) is 10.5 Å². The smallest absolute Gasteiger partial charge is 0.324 e. The molecular weight excluding hydrogens is 378 g/mol. The first kappa shape index (κ1) is 21.0.